The summed E-state index contributed by atoms with van der Waals surface area (Å²) >= 11 is 0. The summed E-state index contributed by atoms with van der Waals surface area (Å²) < 4.78 is 31.9. The van der Waals surface area contributed by atoms with Crippen LogP contribution >= 0.6 is 0 Å². The smallest absolute Gasteiger partial charge is 0.335 e. The molecule has 21 heavy (non-hydrogen) atoms. The average molecular weight is 308 g/mol. The van der Waals surface area contributed by atoms with Crippen LogP contribution in [0.4, 0.5) is 5.69 Å². The Bertz CT molecular complexity index is 759. The number of carboxylic acid groups (broad SMARTS) is 1. The van der Waals surface area contributed by atoms with E-state index in [-0.39, 0.29) is 16.2 Å². The maximum absolute atomic E-state index is 12.3. The molecule has 1 heterocycles. The fourth-order valence-corrected chi connectivity index (χ4v) is 2.86. The zero-order chi connectivity index (χ0) is 15.5. The van der Waals surface area contributed by atoms with Crippen LogP contribution in [0.5, 0.6) is 5.75 Å². The molecule has 2 aromatic rings. The van der Waals surface area contributed by atoms with E-state index >= 15 is 0 Å². The molecule has 1 aromatic heterocycles. The summed E-state index contributed by atoms with van der Waals surface area (Å²) in [5, 5.41) is 8.91. The molecule has 0 bridgehead atoms. The summed E-state index contributed by atoms with van der Waals surface area (Å²) in [6.45, 7) is 0. The van der Waals surface area contributed by atoms with E-state index in [9.17, 15) is 13.2 Å². The molecule has 2 N–H and O–H groups in total. The molecule has 0 aliphatic carbocycles. The van der Waals surface area contributed by atoms with Gasteiger partial charge in [0.2, 0.25) is 0 Å². The molecular formula is C13H12N2O5S. The topological polar surface area (TPSA) is 106 Å². The summed E-state index contributed by atoms with van der Waals surface area (Å²) in [4.78, 5) is 14.5. The fourth-order valence-electron chi connectivity index (χ4n) is 1.65. The summed E-state index contributed by atoms with van der Waals surface area (Å²) in [6.07, 6.45) is 2.89. The van der Waals surface area contributed by atoms with Gasteiger partial charge in [-0.2, -0.15) is 0 Å². The summed E-state index contributed by atoms with van der Waals surface area (Å²) in [5.41, 5.74) is 0.282. The monoisotopic (exact) mass is 308 g/mol. The van der Waals surface area contributed by atoms with Crippen LogP contribution in [0.1, 0.15) is 10.4 Å². The molecule has 2 rings (SSSR count). The number of hydrogen-bond donors (Lipinski definition) is 2. The number of aromatic carboxylic acids is 1. The molecule has 0 atom stereocenters. The molecule has 0 spiro atoms. The first-order chi connectivity index (χ1) is 9.94. The van der Waals surface area contributed by atoms with Gasteiger partial charge in [-0.1, -0.05) is 0 Å². The number of ether oxygens (including phenoxy) is 1. The second-order valence-electron chi connectivity index (χ2n) is 4.01. The van der Waals surface area contributed by atoms with Crippen LogP contribution in [-0.4, -0.2) is 31.6 Å². The molecule has 8 heteroatoms. The highest BCUT2D eigenvalue weighted by molar-refractivity contribution is 7.92. The molecule has 0 aliphatic rings. The molecule has 7 nitrogen and oxygen atoms in total. The van der Waals surface area contributed by atoms with Gasteiger partial charge in [0.1, 0.15) is 10.6 Å². The van der Waals surface area contributed by atoms with E-state index in [1.165, 1.54) is 43.8 Å². The first kappa shape index (κ1) is 14.8. The molecule has 0 unspecified atom stereocenters. The molecule has 0 radical (unpaired) electrons. The minimum absolute atomic E-state index is 0.0449. The van der Waals surface area contributed by atoms with Crippen molar-refractivity contribution in [1.29, 1.82) is 0 Å². The Hall–Kier alpha value is -2.61. The van der Waals surface area contributed by atoms with Crippen molar-refractivity contribution in [3.63, 3.8) is 0 Å². The van der Waals surface area contributed by atoms with Crippen molar-refractivity contribution in [1.82, 2.24) is 4.98 Å². The number of pyridine rings is 1. The Morgan fingerprint density at radius 2 is 1.90 bits per heavy atom. The van der Waals surface area contributed by atoms with Gasteiger partial charge in [-0.25, -0.2) is 13.2 Å². The lowest BCUT2D eigenvalue weighted by Gasteiger charge is -2.12. The standard InChI is InChI=1S/C13H12N2O5S/c1-20-11-8-9(13(16)17)2-3-12(11)21(18,19)15-10-4-6-14-7-5-10/h2-8H,1H3,(H,14,15)(H,16,17). The number of nitrogens with zero attached hydrogens (tertiary/aromatic N) is 1. The van der Waals surface area contributed by atoms with Crippen LogP contribution in [0.3, 0.4) is 0 Å². The lowest BCUT2D eigenvalue weighted by molar-refractivity contribution is 0.0696. The number of methoxy groups -OCH3 is 1. The Morgan fingerprint density at radius 1 is 1.24 bits per heavy atom. The van der Waals surface area contributed by atoms with Gasteiger partial charge in [0.25, 0.3) is 10.0 Å². The second-order valence-corrected chi connectivity index (χ2v) is 5.66. The third-order valence-corrected chi connectivity index (χ3v) is 4.05. The maximum atomic E-state index is 12.3. The quantitative estimate of drug-likeness (QED) is 0.869. The molecule has 0 aliphatic heterocycles. The Labute approximate surface area is 121 Å². The first-order valence-corrected chi connectivity index (χ1v) is 7.26. The largest absolute Gasteiger partial charge is 0.495 e. The van der Waals surface area contributed by atoms with Crippen molar-refractivity contribution in [2.24, 2.45) is 0 Å². The van der Waals surface area contributed by atoms with Gasteiger partial charge < -0.3 is 9.84 Å². The van der Waals surface area contributed by atoms with Crippen molar-refractivity contribution in [3.8, 4) is 5.75 Å². The van der Waals surface area contributed by atoms with Crippen molar-refractivity contribution in [3.05, 3.63) is 48.3 Å². The van der Waals surface area contributed by atoms with Crippen molar-refractivity contribution < 1.29 is 23.1 Å². The molecule has 0 amide bonds. The lowest BCUT2D eigenvalue weighted by Crippen LogP contribution is -2.14. The predicted octanol–water partition coefficient (Wildman–Crippen LogP) is 1.59. The van der Waals surface area contributed by atoms with E-state index < -0.39 is 16.0 Å². The number of hydrogen-bond acceptors (Lipinski definition) is 5. The van der Waals surface area contributed by atoms with Crippen LogP contribution in [0.2, 0.25) is 0 Å². The Kier molecular flexibility index (Phi) is 4.08. The van der Waals surface area contributed by atoms with E-state index in [0.29, 0.717) is 5.69 Å². The number of aromatic nitrogens is 1. The van der Waals surface area contributed by atoms with Crippen molar-refractivity contribution >= 4 is 21.7 Å². The number of carboxylic acids is 1. The zero-order valence-electron chi connectivity index (χ0n) is 11.0. The van der Waals surface area contributed by atoms with Crippen LogP contribution in [0, 0.1) is 0 Å². The van der Waals surface area contributed by atoms with Crippen molar-refractivity contribution in [2.45, 2.75) is 4.90 Å². The second kappa shape index (κ2) is 5.80. The van der Waals surface area contributed by atoms with Gasteiger partial charge in [0.15, 0.2) is 0 Å². The normalized spacial score (nSPS) is 10.9. The van der Waals surface area contributed by atoms with E-state index in [1.54, 1.807) is 0 Å². The third-order valence-electron chi connectivity index (χ3n) is 2.63. The summed E-state index contributed by atoms with van der Waals surface area (Å²) in [7, 11) is -2.62. The number of carbonyl (C=O) groups is 1. The van der Waals surface area contributed by atoms with E-state index in [0.717, 1.165) is 6.07 Å². The molecule has 0 saturated carbocycles. The van der Waals surface area contributed by atoms with E-state index in [2.05, 4.69) is 9.71 Å². The number of benzene rings is 1. The van der Waals surface area contributed by atoms with Gasteiger partial charge in [0, 0.05) is 12.4 Å². The maximum Gasteiger partial charge on any atom is 0.335 e. The predicted molar refractivity (Wildman–Crippen MR) is 75.0 cm³/mol. The third kappa shape index (κ3) is 3.29. The number of rotatable bonds is 5. The van der Waals surface area contributed by atoms with Gasteiger partial charge in [-0.3, -0.25) is 9.71 Å². The van der Waals surface area contributed by atoms with Gasteiger partial charge in [0.05, 0.1) is 18.4 Å². The number of sulfonamides is 1. The fraction of sp³-hybridized carbons (Fsp3) is 0.0769. The highest BCUT2D eigenvalue weighted by Crippen LogP contribution is 2.26. The number of anilines is 1. The molecule has 0 fully saturated rings. The summed E-state index contributed by atoms with van der Waals surface area (Å²) in [5.74, 6) is -1.21. The van der Waals surface area contributed by atoms with Crippen LogP contribution in [0.25, 0.3) is 0 Å². The SMILES string of the molecule is COc1cc(C(=O)O)ccc1S(=O)(=O)Nc1ccncc1. The number of nitrogens with one attached hydrogen (secondary N) is 1. The average Bonchev–Trinajstić information content (AvgIpc) is 2.47. The Balaban J connectivity index is 2.42. The van der Waals surface area contributed by atoms with Crippen LogP contribution in [-0.2, 0) is 10.0 Å². The minimum Gasteiger partial charge on any atom is -0.495 e. The lowest BCUT2D eigenvalue weighted by atomic mass is 10.2. The highest BCUT2D eigenvalue weighted by atomic mass is 32.2. The van der Waals surface area contributed by atoms with Crippen molar-refractivity contribution in [2.75, 3.05) is 11.8 Å². The molecule has 1 aromatic carbocycles. The Morgan fingerprint density at radius 3 is 2.48 bits per heavy atom. The van der Waals surface area contributed by atoms with E-state index in [1.807, 2.05) is 0 Å². The summed E-state index contributed by atoms with van der Waals surface area (Å²) in [6, 6.07) is 6.53. The zero-order valence-corrected chi connectivity index (χ0v) is 11.8. The molecule has 0 saturated heterocycles. The van der Waals surface area contributed by atoms with Gasteiger partial charge in [-0.15, -0.1) is 0 Å². The first-order valence-electron chi connectivity index (χ1n) is 5.78. The van der Waals surface area contributed by atoms with Crippen LogP contribution in [0.15, 0.2) is 47.6 Å². The van der Waals surface area contributed by atoms with E-state index in [4.69, 9.17) is 9.84 Å². The van der Waals surface area contributed by atoms with Gasteiger partial charge >= 0.3 is 5.97 Å². The molecule has 110 valence electrons. The van der Waals surface area contributed by atoms with Gasteiger partial charge in [-0.05, 0) is 30.3 Å². The highest BCUT2D eigenvalue weighted by Gasteiger charge is 2.21. The van der Waals surface area contributed by atoms with Crippen LogP contribution < -0.4 is 9.46 Å². The minimum atomic E-state index is -3.89. The molecular weight excluding hydrogens is 296 g/mol.